The number of aromatic nitrogens is 2. The first-order valence-electron chi connectivity index (χ1n) is 8.72. The zero-order valence-corrected chi connectivity index (χ0v) is 15.8. The maximum absolute atomic E-state index is 12.9. The van der Waals surface area contributed by atoms with Gasteiger partial charge in [-0.2, -0.15) is 26.3 Å². The molecule has 3 rings (SSSR count). The Labute approximate surface area is 175 Å². The van der Waals surface area contributed by atoms with E-state index in [2.05, 4.69) is 16.4 Å². The summed E-state index contributed by atoms with van der Waals surface area (Å²) in [5.41, 5.74) is -2.74. The molecule has 0 saturated heterocycles. The fraction of sp³-hybridized carbons (Fsp3) is 0.200. The Kier molecular flexibility index (Phi) is 6.20. The molecule has 0 aliphatic heterocycles. The van der Waals surface area contributed by atoms with E-state index in [1.54, 1.807) is 24.3 Å². The van der Waals surface area contributed by atoms with Crippen molar-refractivity contribution in [3.8, 4) is 17.6 Å². The predicted octanol–water partition coefficient (Wildman–Crippen LogP) is 3.65. The summed E-state index contributed by atoms with van der Waals surface area (Å²) in [6, 6.07) is 7.28. The molecule has 0 aliphatic carbocycles. The van der Waals surface area contributed by atoms with Crippen LogP contribution < -0.4 is 16.2 Å². The minimum atomic E-state index is -4.98. The molecule has 3 aromatic rings. The van der Waals surface area contributed by atoms with E-state index >= 15 is 0 Å². The molecule has 0 amide bonds. The minimum absolute atomic E-state index is 0.00193. The molecule has 0 bridgehead atoms. The lowest BCUT2D eigenvalue weighted by Crippen LogP contribution is -2.17. The Balaban J connectivity index is 1.73. The van der Waals surface area contributed by atoms with Crippen LogP contribution in [0.2, 0.25) is 0 Å². The summed E-state index contributed by atoms with van der Waals surface area (Å²) in [5, 5.41) is 0. The summed E-state index contributed by atoms with van der Waals surface area (Å²) in [6.07, 6.45) is -9.96. The van der Waals surface area contributed by atoms with Crippen molar-refractivity contribution < 1.29 is 35.6 Å². The molecule has 6 nitrogen and oxygen atoms in total. The highest BCUT2D eigenvalue weighted by molar-refractivity contribution is 5.39. The number of alkyl halides is 6. The van der Waals surface area contributed by atoms with Gasteiger partial charge < -0.3 is 9.26 Å². The van der Waals surface area contributed by atoms with Crippen LogP contribution in [0.15, 0.2) is 56.6 Å². The molecule has 1 aromatic heterocycles. The van der Waals surface area contributed by atoms with E-state index in [1.165, 1.54) is 0 Å². The minimum Gasteiger partial charge on any atom is -0.481 e. The van der Waals surface area contributed by atoms with E-state index in [0.717, 1.165) is 4.74 Å². The second-order valence-corrected chi connectivity index (χ2v) is 6.38. The van der Waals surface area contributed by atoms with Gasteiger partial charge in [0, 0.05) is 5.56 Å². The molecule has 0 fully saturated rings. The zero-order valence-electron chi connectivity index (χ0n) is 15.8. The maximum atomic E-state index is 12.9. The molecule has 1 N–H and O–H groups in total. The lowest BCUT2D eigenvalue weighted by molar-refractivity contribution is -0.143. The van der Waals surface area contributed by atoms with Gasteiger partial charge in [-0.1, -0.05) is 24.0 Å². The Morgan fingerprint density at radius 3 is 2.19 bits per heavy atom. The Bertz CT molecular complexity index is 1260. The monoisotopic (exact) mass is 458 g/mol. The Morgan fingerprint density at radius 1 is 0.969 bits per heavy atom. The number of aromatic amines is 1. The number of halogens is 6. The molecule has 0 spiro atoms. The van der Waals surface area contributed by atoms with E-state index in [0.29, 0.717) is 23.3 Å². The lowest BCUT2D eigenvalue weighted by atomic mass is 10.1. The third kappa shape index (κ3) is 5.84. The second-order valence-electron chi connectivity index (χ2n) is 6.38. The quantitative estimate of drug-likeness (QED) is 0.479. The number of benzene rings is 2. The molecule has 0 aliphatic rings. The topological polar surface area (TPSA) is 77.2 Å². The van der Waals surface area contributed by atoms with Crippen molar-refractivity contribution in [1.82, 2.24) is 9.72 Å². The summed E-state index contributed by atoms with van der Waals surface area (Å²) < 4.78 is 87.6. The van der Waals surface area contributed by atoms with Gasteiger partial charge in [-0.25, -0.2) is 14.6 Å². The van der Waals surface area contributed by atoms with Crippen LogP contribution in [0.1, 0.15) is 22.3 Å². The number of ether oxygens (including phenoxy) is 1. The average molecular weight is 458 g/mol. The average Bonchev–Trinajstić information content (AvgIpc) is 3.01. The van der Waals surface area contributed by atoms with Gasteiger partial charge in [0.25, 0.3) is 0 Å². The van der Waals surface area contributed by atoms with E-state index in [1.807, 2.05) is 4.98 Å². The lowest BCUT2D eigenvalue weighted by Gasteiger charge is -2.14. The van der Waals surface area contributed by atoms with Gasteiger partial charge in [0.05, 0.1) is 17.7 Å². The van der Waals surface area contributed by atoms with Gasteiger partial charge in [-0.05, 0) is 35.9 Å². The van der Waals surface area contributed by atoms with Crippen molar-refractivity contribution in [1.29, 1.82) is 0 Å². The van der Waals surface area contributed by atoms with Crippen molar-refractivity contribution in [3.05, 3.63) is 85.8 Å². The Morgan fingerprint density at radius 2 is 1.62 bits per heavy atom. The van der Waals surface area contributed by atoms with Crippen LogP contribution in [0.25, 0.3) is 0 Å². The molecule has 1 heterocycles. The van der Waals surface area contributed by atoms with E-state index in [9.17, 15) is 35.9 Å². The van der Waals surface area contributed by atoms with E-state index in [-0.39, 0.29) is 12.6 Å². The van der Waals surface area contributed by atoms with Crippen molar-refractivity contribution in [2.75, 3.05) is 6.61 Å². The van der Waals surface area contributed by atoms with Gasteiger partial charge in [0.1, 0.15) is 12.4 Å². The SMILES string of the molecule is O=c1[nH]c(=O)n(Cc2cccc(C#CCOc3cc(C(F)(F)F)cc(C(F)(F)F)c3)c2)o1. The van der Waals surface area contributed by atoms with Crippen LogP contribution in [0.5, 0.6) is 5.75 Å². The summed E-state index contributed by atoms with van der Waals surface area (Å²) >= 11 is 0. The van der Waals surface area contributed by atoms with Crippen LogP contribution in [0.3, 0.4) is 0 Å². The van der Waals surface area contributed by atoms with E-state index in [4.69, 9.17) is 4.74 Å². The first kappa shape index (κ1) is 22.8. The summed E-state index contributed by atoms with van der Waals surface area (Å²) in [6.45, 7) is -0.539. The third-order valence-corrected chi connectivity index (χ3v) is 3.99. The predicted molar refractivity (Wildman–Crippen MR) is 98.0 cm³/mol. The van der Waals surface area contributed by atoms with Crippen LogP contribution >= 0.6 is 0 Å². The Hall–Kier alpha value is -3.88. The molecule has 0 saturated carbocycles. The van der Waals surface area contributed by atoms with Crippen LogP contribution in [0.4, 0.5) is 26.3 Å². The zero-order chi connectivity index (χ0) is 23.5. The maximum Gasteiger partial charge on any atom is 0.440 e. The first-order chi connectivity index (χ1) is 14.9. The van der Waals surface area contributed by atoms with Gasteiger partial charge in [0.2, 0.25) is 0 Å². The van der Waals surface area contributed by atoms with Crippen molar-refractivity contribution in [2.24, 2.45) is 0 Å². The number of nitrogens with zero attached hydrogens (tertiary/aromatic N) is 1. The first-order valence-corrected chi connectivity index (χ1v) is 8.72. The number of H-pyrrole nitrogens is 1. The standard InChI is InChI=1S/C20H12F6N2O4/c21-19(22,23)14-8-15(20(24,25)26)10-16(9-14)31-6-2-5-12-3-1-4-13(7-12)11-28-17(29)27-18(30)32-28/h1,3-4,7-10H,6,11H2,(H,27,29,30). The van der Waals surface area contributed by atoms with Gasteiger partial charge in [0.15, 0.2) is 0 Å². The number of hydrogen-bond acceptors (Lipinski definition) is 4. The van der Waals surface area contributed by atoms with Gasteiger partial charge in [-0.15, -0.1) is 4.74 Å². The summed E-state index contributed by atoms with van der Waals surface area (Å²) in [5.74, 6) is 3.60. The highest BCUT2D eigenvalue weighted by Crippen LogP contribution is 2.38. The molecular weight excluding hydrogens is 446 g/mol. The number of hydrogen-bond donors (Lipinski definition) is 1. The van der Waals surface area contributed by atoms with Crippen LogP contribution in [0, 0.1) is 11.8 Å². The summed E-state index contributed by atoms with van der Waals surface area (Å²) in [7, 11) is 0. The molecule has 0 radical (unpaired) electrons. The molecule has 0 atom stereocenters. The van der Waals surface area contributed by atoms with Crippen LogP contribution in [-0.2, 0) is 18.9 Å². The van der Waals surface area contributed by atoms with Gasteiger partial charge in [-0.3, -0.25) is 0 Å². The molecule has 32 heavy (non-hydrogen) atoms. The fourth-order valence-corrected chi connectivity index (χ4v) is 2.60. The van der Waals surface area contributed by atoms with Crippen molar-refractivity contribution in [2.45, 2.75) is 18.9 Å². The van der Waals surface area contributed by atoms with Gasteiger partial charge >= 0.3 is 23.8 Å². The highest BCUT2D eigenvalue weighted by atomic mass is 19.4. The smallest absolute Gasteiger partial charge is 0.440 e. The molecule has 12 heteroatoms. The van der Waals surface area contributed by atoms with Crippen LogP contribution in [-0.4, -0.2) is 16.3 Å². The third-order valence-electron chi connectivity index (χ3n) is 3.99. The largest absolute Gasteiger partial charge is 0.481 e. The normalized spacial score (nSPS) is 11.7. The summed E-state index contributed by atoms with van der Waals surface area (Å²) in [4.78, 5) is 24.4. The second kappa shape index (κ2) is 8.70. The highest BCUT2D eigenvalue weighted by Gasteiger charge is 2.37. The number of nitrogens with one attached hydrogen (secondary N) is 1. The molecule has 0 unspecified atom stereocenters. The van der Waals surface area contributed by atoms with Crippen molar-refractivity contribution in [3.63, 3.8) is 0 Å². The van der Waals surface area contributed by atoms with Crippen molar-refractivity contribution >= 4 is 0 Å². The molecule has 2 aromatic carbocycles. The fourth-order valence-electron chi connectivity index (χ4n) is 2.60. The van der Waals surface area contributed by atoms with E-state index < -0.39 is 47.3 Å². The number of rotatable bonds is 4. The molecule has 168 valence electrons. The molecular formula is C20H12F6N2O4.